The van der Waals surface area contributed by atoms with Gasteiger partial charge in [-0.2, -0.15) is 9.97 Å². The fraction of sp³-hybridized carbons (Fsp3) is 0.500. The molecule has 7 heteroatoms. The summed E-state index contributed by atoms with van der Waals surface area (Å²) in [5, 5.41) is 17.9. The first-order chi connectivity index (χ1) is 8.15. The number of methoxy groups -OCH3 is 1. The van der Waals surface area contributed by atoms with Gasteiger partial charge in [-0.1, -0.05) is 0 Å². The Hall–Kier alpha value is -1.73. The maximum absolute atomic E-state index is 11.1. The summed E-state index contributed by atoms with van der Waals surface area (Å²) in [6.45, 7) is 1.47. The number of hydrogen-bond donors (Lipinski definition) is 2. The number of fused-ring (bicyclic) bond motifs is 1. The molecule has 17 heavy (non-hydrogen) atoms. The second kappa shape index (κ2) is 4.64. The summed E-state index contributed by atoms with van der Waals surface area (Å²) in [7, 11) is 1.40. The average Bonchev–Trinajstić information content (AvgIpc) is 2.69. The quantitative estimate of drug-likeness (QED) is 0.730. The first-order valence-corrected chi connectivity index (χ1v) is 5.16. The van der Waals surface area contributed by atoms with E-state index < -0.39 is 5.97 Å². The van der Waals surface area contributed by atoms with Crippen LogP contribution in [0, 0.1) is 0 Å². The standard InChI is InChI=1S/C10H13N3O4/c1-17-10-11-7-5-13(2-3-14)4-6(7)8(12-10)9(15)16/h14H,2-5H2,1H3,(H,15,16). The van der Waals surface area contributed by atoms with E-state index in [-0.39, 0.29) is 18.3 Å². The summed E-state index contributed by atoms with van der Waals surface area (Å²) >= 11 is 0. The molecule has 1 aromatic heterocycles. The van der Waals surface area contributed by atoms with Gasteiger partial charge in [-0.25, -0.2) is 4.79 Å². The largest absolute Gasteiger partial charge is 0.476 e. The lowest BCUT2D eigenvalue weighted by atomic mass is 10.2. The molecule has 0 saturated heterocycles. The number of aliphatic hydroxyl groups excluding tert-OH is 1. The lowest BCUT2D eigenvalue weighted by molar-refractivity contribution is 0.0687. The van der Waals surface area contributed by atoms with Crippen LogP contribution in [0.1, 0.15) is 21.7 Å². The van der Waals surface area contributed by atoms with Crippen molar-refractivity contribution in [1.82, 2.24) is 14.9 Å². The van der Waals surface area contributed by atoms with E-state index >= 15 is 0 Å². The van der Waals surface area contributed by atoms with Gasteiger partial charge in [-0.15, -0.1) is 0 Å². The first kappa shape index (κ1) is 11.7. The number of nitrogens with zero attached hydrogens (tertiary/aromatic N) is 3. The van der Waals surface area contributed by atoms with Gasteiger partial charge in [0.1, 0.15) is 0 Å². The van der Waals surface area contributed by atoms with Gasteiger partial charge >= 0.3 is 12.0 Å². The first-order valence-electron chi connectivity index (χ1n) is 5.16. The number of carboxylic acid groups (broad SMARTS) is 1. The molecular weight excluding hydrogens is 226 g/mol. The minimum Gasteiger partial charge on any atom is -0.476 e. The second-order valence-corrected chi connectivity index (χ2v) is 3.72. The van der Waals surface area contributed by atoms with Crippen LogP contribution in [-0.4, -0.2) is 51.3 Å². The van der Waals surface area contributed by atoms with Crippen LogP contribution >= 0.6 is 0 Å². The minimum atomic E-state index is -1.09. The highest BCUT2D eigenvalue weighted by molar-refractivity contribution is 5.87. The molecule has 7 nitrogen and oxygen atoms in total. The van der Waals surface area contributed by atoms with E-state index in [4.69, 9.17) is 14.9 Å². The Morgan fingerprint density at radius 1 is 1.47 bits per heavy atom. The highest BCUT2D eigenvalue weighted by Crippen LogP contribution is 2.25. The van der Waals surface area contributed by atoms with Gasteiger partial charge in [0.05, 0.1) is 19.4 Å². The molecular formula is C10H13N3O4. The number of carboxylic acids is 1. The van der Waals surface area contributed by atoms with Crippen LogP contribution in [0.3, 0.4) is 0 Å². The number of aliphatic hydroxyl groups is 1. The third kappa shape index (κ3) is 2.20. The zero-order valence-electron chi connectivity index (χ0n) is 9.38. The average molecular weight is 239 g/mol. The predicted octanol–water partition coefficient (Wildman–Crippen LogP) is -0.509. The number of aromatic nitrogens is 2. The van der Waals surface area contributed by atoms with Gasteiger partial charge in [-0.05, 0) is 0 Å². The third-order valence-electron chi connectivity index (χ3n) is 2.63. The van der Waals surface area contributed by atoms with Crippen LogP contribution in [0.2, 0.25) is 0 Å². The molecule has 0 radical (unpaired) electrons. The van der Waals surface area contributed by atoms with Crippen molar-refractivity contribution in [2.75, 3.05) is 20.3 Å². The van der Waals surface area contributed by atoms with E-state index in [2.05, 4.69) is 9.97 Å². The molecule has 1 aliphatic heterocycles. The van der Waals surface area contributed by atoms with Crippen LogP contribution in [0.5, 0.6) is 6.01 Å². The Morgan fingerprint density at radius 2 is 2.24 bits per heavy atom. The molecule has 0 spiro atoms. The molecule has 0 saturated carbocycles. The molecule has 1 aliphatic rings. The number of ether oxygens (including phenoxy) is 1. The van der Waals surface area contributed by atoms with Crippen LogP contribution in [0.4, 0.5) is 0 Å². The summed E-state index contributed by atoms with van der Waals surface area (Å²) in [6.07, 6.45) is 0. The van der Waals surface area contributed by atoms with E-state index in [9.17, 15) is 4.79 Å². The fourth-order valence-electron chi connectivity index (χ4n) is 1.86. The summed E-state index contributed by atoms with van der Waals surface area (Å²) in [5.41, 5.74) is 1.24. The molecule has 0 atom stereocenters. The Balaban J connectivity index is 2.37. The van der Waals surface area contributed by atoms with Gasteiger partial charge in [0.25, 0.3) is 0 Å². The molecule has 0 fully saturated rings. The maximum atomic E-state index is 11.1. The topological polar surface area (TPSA) is 95.8 Å². The van der Waals surface area contributed by atoms with Crippen LogP contribution in [0.15, 0.2) is 0 Å². The summed E-state index contributed by atoms with van der Waals surface area (Å²) in [5.74, 6) is -1.09. The van der Waals surface area contributed by atoms with E-state index in [1.807, 2.05) is 4.90 Å². The maximum Gasteiger partial charge on any atom is 0.355 e. The highest BCUT2D eigenvalue weighted by Gasteiger charge is 2.27. The lowest BCUT2D eigenvalue weighted by Crippen LogP contribution is -2.20. The van der Waals surface area contributed by atoms with Crippen molar-refractivity contribution in [2.45, 2.75) is 13.1 Å². The number of rotatable bonds is 4. The van der Waals surface area contributed by atoms with E-state index in [0.29, 0.717) is 30.9 Å². The van der Waals surface area contributed by atoms with Crippen molar-refractivity contribution in [1.29, 1.82) is 0 Å². The molecule has 2 rings (SSSR count). The van der Waals surface area contributed by atoms with Crippen LogP contribution in [0.25, 0.3) is 0 Å². The summed E-state index contributed by atoms with van der Waals surface area (Å²) in [4.78, 5) is 20.9. The fourth-order valence-corrected chi connectivity index (χ4v) is 1.86. The molecule has 0 bridgehead atoms. The van der Waals surface area contributed by atoms with Crippen LogP contribution < -0.4 is 4.74 Å². The van der Waals surface area contributed by atoms with E-state index in [1.54, 1.807) is 0 Å². The van der Waals surface area contributed by atoms with Gasteiger partial charge in [0, 0.05) is 25.2 Å². The van der Waals surface area contributed by atoms with Crippen molar-refractivity contribution in [3.8, 4) is 6.01 Å². The number of β-amino-alcohol motifs (C(OH)–C–C–N with tert-alkyl or cyclic N) is 1. The molecule has 2 heterocycles. The molecule has 0 aromatic carbocycles. The Kier molecular flexibility index (Phi) is 3.21. The van der Waals surface area contributed by atoms with E-state index in [0.717, 1.165) is 0 Å². The van der Waals surface area contributed by atoms with E-state index in [1.165, 1.54) is 7.11 Å². The molecule has 2 N–H and O–H groups in total. The molecule has 0 unspecified atom stereocenters. The second-order valence-electron chi connectivity index (χ2n) is 3.72. The van der Waals surface area contributed by atoms with Crippen molar-refractivity contribution < 1.29 is 19.7 Å². The van der Waals surface area contributed by atoms with Crippen molar-refractivity contribution in [3.63, 3.8) is 0 Å². The monoisotopic (exact) mass is 239 g/mol. The van der Waals surface area contributed by atoms with Gasteiger partial charge in [-0.3, -0.25) is 4.90 Å². The normalized spacial score (nSPS) is 14.7. The number of aromatic carboxylic acids is 1. The molecule has 0 aliphatic carbocycles. The molecule has 1 aromatic rings. The zero-order valence-corrected chi connectivity index (χ0v) is 9.38. The van der Waals surface area contributed by atoms with Crippen molar-refractivity contribution >= 4 is 5.97 Å². The molecule has 0 amide bonds. The highest BCUT2D eigenvalue weighted by atomic mass is 16.5. The summed E-state index contributed by atoms with van der Waals surface area (Å²) in [6, 6.07) is 0.0620. The smallest absolute Gasteiger partial charge is 0.355 e. The van der Waals surface area contributed by atoms with Crippen LogP contribution in [-0.2, 0) is 13.1 Å². The summed E-state index contributed by atoms with van der Waals surface area (Å²) < 4.78 is 4.87. The van der Waals surface area contributed by atoms with Crippen molar-refractivity contribution in [2.24, 2.45) is 0 Å². The Morgan fingerprint density at radius 3 is 2.82 bits per heavy atom. The number of carbonyl (C=O) groups is 1. The zero-order chi connectivity index (χ0) is 12.4. The number of hydrogen-bond acceptors (Lipinski definition) is 6. The third-order valence-corrected chi connectivity index (χ3v) is 2.63. The predicted molar refractivity (Wildman–Crippen MR) is 56.7 cm³/mol. The lowest BCUT2D eigenvalue weighted by Gasteiger charge is -2.11. The molecule has 92 valence electrons. The SMILES string of the molecule is COc1nc2c(c(C(=O)O)n1)CN(CCO)C2. The van der Waals surface area contributed by atoms with Gasteiger partial charge in [0.15, 0.2) is 5.69 Å². The van der Waals surface area contributed by atoms with Gasteiger partial charge < -0.3 is 14.9 Å². The Labute approximate surface area is 97.7 Å². The minimum absolute atomic E-state index is 0.0210. The van der Waals surface area contributed by atoms with Crippen molar-refractivity contribution in [3.05, 3.63) is 17.0 Å². The Bertz CT molecular complexity index is 449. The van der Waals surface area contributed by atoms with Gasteiger partial charge in [0.2, 0.25) is 0 Å².